The van der Waals surface area contributed by atoms with Gasteiger partial charge in [0, 0.05) is 78.1 Å². The molecular weight excluding hydrogens is 1220 g/mol. The number of aromatic nitrogens is 2. The van der Waals surface area contributed by atoms with Crippen molar-refractivity contribution in [3.8, 4) is 11.8 Å². The summed E-state index contributed by atoms with van der Waals surface area (Å²) in [5, 5.41) is 5.59. The van der Waals surface area contributed by atoms with Gasteiger partial charge in [-0.15, -0.1) is 0 Å². The number of anilines is 2. The SMILES string of the molecule is CC[N+]1=C(/C=C/C=C2/N(CCCCCC(=O)NCCSSCCC(=O)NCC#Cc3cn([C@H]4CC[C@@H](COP(=O)(O)OP(=O)(O)OP(=O)(O)O)O4)c(=O)nc3N)c3ccc(S(=O)(=O)O)cc3C2(C)C)C(C)(C)c2cc(S(=O)(=O)O)ccc21. The lowest BCUT2D eigenvalue weighted by molar-refractivity contribution is -0.433. The normalized spacial score (nSPS) is 19.6. The summed E-state index contributed by atoms with van der Waals surface area (Å²) in [4.78, 5) is 79.7. The van der Waals surface area contributed by atoms with E-state index in [2.05, 4.69) is 50.1 Å². The molecule has 1 aromatic heterocycles. The Morgan fingerprint density at radius 3 is 2.22 bits per heavy atom. The molecule has 3 aliphatic heterocycles. The maximum Gasteiger partial charge on any atom is 0.490 e. The summed E-state index contributed by atoms with van der Waals surface area (Å²) in [5.74, 6) is 5.97. The van der Waals surface area contributed by atoms with Crippen LogP contribution in [0.4, 0.5) is 17.2 Å². The van der Waals surface area contributed by atoms with E-state index in [0.29, 0.717) is 62.4 Å². The summed E-state index contributed by atoms with van der Waals surface area (Å²) in [5.41, 5.74) is 8.78. The van der Waals surface area contributed by atoms with Crippen LogP contribution in [0.5, 0.6) is 0 Å². The number of phosphoric ester groups is 1. The van der Waals surface area contributed by atoms with Crippen LogP contribution < -0.4 is 27.0 Å². The van der Waals surface area contributed by atoms with Gasteiger partial charge in [0.2, 0.25) is 17.5 Å². The smallest absolute Gasteiger partial charge is 0.382 e. The molecule has 2 unspecified atom stereocenters. The minimum atomic E-state index is -5.71. The molecule has 2 aromatic carbocycles. The molecule has 27 nitrogen and oxygen atoms in total. The number of carbonyl (C=O) groups excluding carboxylic acids is 2. The number of fused-ring (bicyclic) bond motifs is 2. The number of nitrogen functional groups attached to an aromatic ring is 1. The number of rotatable bonds is 27. The Morgan fingerprint density at radius 2 is 1.55 bits per heavy atom. The van der Waals surface area contributed by atoms with Crippen molar-refractivity contribution < 1.29 is 91.3 Å². The number of nitrogens with zero attached hydrogens (tertiary/aromatic N) is 4. The highest BCUT2D eigenvalue weighted by Crippen LogP contribution is 2.66. The first kappa shape index (κ1) is 66.6. The van der Waals surface area contributed by atoms with E-state index in [0.717, 1.165) is 32.9 Å². The van der Waals surface area contributed by atoms with Gasteiger partial charge in [-0.25, -0.2) is 18.5 Å². The third kappa shape index (κ3) is 17.8. The molecule has 4 atom stereocenters. The van der Waals surface area contributed by atoms with E-state index < -0.39 is 79.2 Å². The molecule has 6 rings (SSSR count). The molecule has 0 radical (unpaired) electrons. The molecule has 3 aliphatic rings. The molecule has 2 amide bonds. The molecular formula is C48H65N7O20P3S4+. The van der Waals surface area contributed by atoms with Gasteiger partial charge in [0.05, 0.1) is 40.0 Å². The second kappa shape index (κ2) is 27.2. The fourth-order valence-corrected chi connectivity index (χ4v) is 15.4. The number of hydrogen-bond donors (Lipinski definition) is 9. The Kier molecular flexibility index (Phi) is 22.1. The van der Waals surface area contributed by atoms with Gasteiger partial charge >= 0.3 is 29.2 Å². The minimum absolute atomic E-state index is 0.0628. The lowest BCUT2D eigenvalue weighted by Gasteiger charge is -2.27. The molecule has 0 saturated carbocycles. The average molecular weight is 1280 g/mol. The summed E-state index contributed by atoms with van der Waals surface area (Å²) in [6, 6.07) is 9.12. The van der Waals surface area contributed by atoms with Crippen LogP contribution in [0.2, 0.25) is 0 Å². The molecule has 1 saturated heterocycles. The maximum absolute atomic E-state index is 12.7. The largest absolute Gasteiger partial charge is 0.490 e. The number of amides is 2. The van der Waals surface area contributed by atoms with Crippen LogP contribution in [0.25, 0.3) is 0 Å². The lowest BCUT2D eigenvalue weighted by Crippen LogP contribution is -2.29. The average Bonchev–Trinajstić information content (AvgIpc) is 4.18. The van der Waals surface area contributed by atoms with E-state index in [1.807, 2.05) is 52.8 Å². The third-order valence-electron chi connectivity index (χ3n) is 13.2. The Labute approximate surface area is 481 Å². The predicted molar refractivity (Wildman–Crippen MR) is 305 cm³/mol. The zero-order valence-corrected chi connectivity index (χ0v) is 51.0. The molecule has 82 heavy (non-hydrogen) atoms. The summed E-state index contributed by atoms with van der Waals surface area (Å²) in [7, 11) is -22.6. The minimum Gasteiger partial charge on any atom is -0.382 e. The van der Waals surface area contributed by atoms with E-state index >= 15 is 0 Å². The zero-order valence-electron chi connectivity index (χ0n) is 45.1. The first-order chi connectivity index (χ1) is 38.1. The Bertz CT molecular complexity index is 3540. The third-order valence-corrected chi connectivity index (χ3v) is 21.2. The number of nitrogens with two attached hydrogens (primary N) is 1. The van der Waals surface area contributed by atoms with Gasteiger partial charge in [0.1, 0.15) is 18.6 Å². The van der Waals surface area contributed by atoms with E-state index in [4.69, 9.17) is 20.3 Å². The van der Waals surface area contributed by atoms with Crippen molar-refractivity contribution in [2.24, 2.45) is 0 Å². The van der Waals surface area contributed by atoms with Gasteiger partial charge in [-0.3, -0.25) is 27.8 Å². The Balaban J connectivity index is 0.902. The second-order valence-corrected chi connectivity index (χ2v) is 29.8. The maximum atomic E-state index is 12.7. The summed E-state index contributed by atoms with van der Waals surface area (Å²) in [6.45, 7) is 10.7. The van der Waals surface area contributed by atoms with Crippen LogP contribution in [0.3, 0.4) is 0 Å². The Morgan fingerprint density at radius 1 is 0.890 bits per heavy atom. The quantitative estimate of drug-likeness (QED) is 0.0112. The second-order valence-electron chi connectivity index (χ2n) is 19.8. The highest BCUT2D eigenvalue weighted by Gasteiger charge is 2.46. The molecule has 450 valence electrons. The van der Waals surface area contributed by atoms with Crippen molar-refractivity contribution in [3.05, 3.63) is 93.7 Å². The summed E-state index contributed by atoms with van der Waals surface area (Å²) < 4.78 is 123. The molecule has 0 aliphatic carbocycles. The number of allylic oxidation sites excluding steroid dienone is 4. The first-order valence-corrected chi connectivity index (χ1v) is 35.2. The highest BCUT2D eigenvalue weighted by atomic mass is 33.1. The molecule has 4 heterocycles. The highest BCUT2D eigenvalue weighted by molar-refractivity contribution is 8.76. The van der Waals surface area contributed by atoms with Gasteiger partial charge in [-0.2, -0.15) is 35.0 Å². The molecule has 3 aromatic rings. The van der Waals surface area contributed by atoms with Gasteiger partial charge < -0.3 is 45.6 Å². The molecule has 0 spiro atoms. The van der Waals surface area contributed by atoms with Crippen molar-refractivity contribution in [1.82, 2.24) is 20.2 Å². The predicted octanol–water partition coefficient (Wildman–Crippen LogP) is 5.59. The van der Waals surface area contributed by atoms with E-state index in [-0.39, 0.29) is 58.8 Å². The lowest BCUT2D eigenvalue weighted by atomic mass is 9.81. The Hall–Kier alpha value is -4.54. The topological polar surface area (TPSA) is 403 Å². The van der Waals surface area contributed by atoms with Crippen LogP contribution in [0.15, 0.2) is 81.1 Å². The summed E-state index contributed by atoms with van der Waals surface area (Å²) >= 11 is 0. The summed E-state index contributed by atoms with van der Waals surface area (Å²) in [6.07, 6.45) is 8.08. The van der Waals surface area contributed by atoms with Crippen molar-refractivity contribution in [3.63, 3.8) is 0 Å². The van der Waals surface area contributed by atoms with E-state index in [1.165, 1.54) is 52.1 Å². The van der Waals surface area contributed by atoms with Crippen molar-refractivity contribution in [1.29, 1.82) is 0 Å². The first-order valence-electron chi connectivity index (χ1n) is 25.3. The fraction of sp³-hybridized carbons (Fsp3) is 0.479. The molecule has 1 fully saturated rings. The van der Waals surface area contributed by atoms with Crippen molar-refractivity contribution in [2.45, 2.75) is 113 Å². The number of benzene rings is 2. The standard InChI is InChI=1S/C48H64N7O20P3S4/c1-6-53-38-19-17-34(81(66,67)68)28-36(38)47(2,3)40(53)13-10-14-41-48(4,5)37-29-35(82(69,70)71)18-20-39(37)54(41)25-9-7-8-15-42(56)51-24-27-80-79-26-22-43(57)50-23-11-12-32-30-55(46(58)52-45(32)49)44-21-16-33(73-44)31-72-77(62,63)75-78(64,65)74-76(59,60)61/h10,13-14,17-20,28-30,33,44H,6-9,15-16,21-27,31H2,1-5H3,(H9-,49,50,51,52,56,57,58,59,60,61,62,63,64,65,66,67,68,69,70,71)/p+1/t33-,44+/m0/s1. The van der Waals surface area contributed by atoms with E-state index in [1.54, 1.807) is 12.1 Å². The number of carbonyl (C=O) groups is 2. The van der Waals surface area contributed by atoms with Gasteiger partial charge in [0.25, 0.3) is 20.2 Å². The number of phosphoric acid groups is 3. The molecule has 10 N–H and O–H groups in total. The molecule has 34 heteroatoms. The monoisotopic (exact) mass is 1280 g/mol. The van der Waals surface area contributed by atoms with Gasteiger partial charge in [0.15, 0.2) is 5.71 Å². The fourth-order valence-electron chi connectivity index (χ4n) is 9.40. The number of unbranched alkanes of at least 4 members (excludes halogenated alkanes) is 2. The zero-order chi connectivity index (χ0) is 60.6. The van der Waals surface area contributed by atoms with Crippen LogP contribution in [0.1, 0.15) is 102 Å². The van der Waals surface area contributed by atoms with Crippen LogP contribution in [-0.4, -0.2) is 128 Å². The van der Waals surface area contributed by atoms with Crippen molar-refractivity contribution >= 4 is 100 Å². The molecule has 0 bridgehead atoms. The number of ether oxygens (including phenoxy) is 1. The van der Waals surface area contributed by atoms with Gasteiger partial charge in [-0.1, -0.05) is 59.8 Å². The van der Waals surface area contributed by atoms with Crippen LogP contribution in [-0.2, 0) is 72.2 Å². The van der Waals surface area contributed by atoms with E-state index in [9.17, 15) is 63.8 Å². The van der Waals surface area contributed by atoms with Crippen LogP contribution in [0, 0.1) is 11.8 Å². The number of hydrogen-bond acceptors (Lipinski definition) is 19. The van der Waals surface area contributed by atoms with Gasteiger partial charge in [-0.05, 0) is 88.4 Å². The number of nitrogens with one attached hydrogen (secondary N) is 2. The van der Waals surface area contributed by atoms with Crippen molar-refractivity contribution in [2.75, 3.05) is 54.9 Å². The van der Waals surface area contributed by atoms with Crippen LogP contribution >= 0.6 is 45.1 Å².